The summed E-state index contributed by atoms with van der Waals surface area (Å²) in [5.74, 6) is -0.708. The highest BCUT2D eigenvalue weighted by Crippen LogP contribution is 2.23. The predicted octanol–water partition coefficient (Wildman–Crippen LogP) is 11.0. The number of hydrogen-bond donors (Lipinski definition) is 8. The maximum Gasteiger partial charge on any atom is 0.249 e. The summed E-state index contributed by atoms with van der Waals surface area (Å²) in [6, 6.07) is -1.19. The van der Waals surface area contributed by atoms with E-state index in [1.54, 1.807) is 0 Å². The standard InChI is InChI=1S/C55H105NO10/c1-3-5-7-9-11-13-15-17-18-19-20-21-22-23-24-25-26-27-28-29-30-31-33-35-37-39-41-43-48(59)54(64)56-46(45-65-55-53(63)52(62)51(61)49(44-57)66-55)50(60)47(58)42-40-38-36-34-32-16-14-12-10-8-6-4-2/h12,14,34,36,46-53,55,57-63H,3-11,13,15-33,35,37-45H2,1-2H3,(H,56,64)/b14-12+,36-34+. The zero-order valence-electron chi connectivity index (χ0n) is 42.4. The highest BCUT2D eigenvalue weighted by atomic mass is 16.7. The van der Waals surface area contributed by atoms with Crippen LogP contribution in [0, 0.1) is 0 Å². The lowest BCUT2D eigenvalue weighted by Gasteiger charge is -2.40. The van der Waals surface area contributed by atoms with Crippen molar-refractivity contribution in [3.05, 3.63) is 24.3 Å². The van der Waals surface area contributed by atoms with Crippen molar-refractivity contribution in [2.45, 2.75) is 306 Å². The summed E-state index contributed by atoms with van der Waals surface area (Å²) in [6.07, 6.45) is 41.1. The maximum atomic E-state index is 13.1. The van der Waals surface area contributed by atoms with Gasteiger partial charge in [0, 0.05) is 0 Å². The van der Waals surface area contributed by atoms with Crippen LogP contribution in [0.4, 0.5) is 0 Å². The van der Waals surface area contributed by atoms with Crippen molar-refractivity contribution in [3.63, 3.8) is 0 Å². The maximum absolute atomic E-state index is 13.1. The van der Waals surface area contributed by atoms with E-state index >= 15 is 0 Å². The first-order valence-electron chi connectivity index (χ1n) is 27.7. The fourth-order valence-corrected chi connectivity index (χ4v) is 8.93. The SMILES string of the molecule is CCCCC/C=C/CC/C=C/CCCC(O)C(O)C(COC1OC(CO)C(O)C(O)C1O)NC(=O)C(O)CCCCCCCCCCCCCCCCCCCCCCCCCCCCC. The molecule has 0 aromatic heterocycles. The summed E-state index contributed by atoms with van der Waals surface area (Å²) in [5.41, 5.74) is 0. The number of carbonyl (C=O) groups excluding carboxylic acids is 1. The molecule has 1 saturated heterocycles. The smallest absolute Gasteiger partial charge is 0.249 e. The molecule has 0 aliphatic carbocycles. The molecule has 0 aromatic rings. The Bertz CT molecular complexity index is 1120. The van der Waals surface area contributed by atoms with Gasteiger partial charge in [-0.3, -0.25) is 4.79 Å². The molecule has 390 valence electrons. The van der Waals surface area contributed by atoms with Crippen LogP contribution in [0.15, 0.2) is 24.3 Å². The van der Waals surface area contributed by atoms with Crippen molar-refractivity contribution in [2.75, 3.05) is 13.2 Å². The molecule has 11 nitrogen and oxygen atoms in total. The van der Waals surface area contributed by atoms with Crippen LogP contribution in [-0.2, 0) is 14.3 Å². The molecule has 9 unspecified atom stereocenters. The fraction of sp³-hybridized carbons (Fsp3) is 0.909. The first-order chi connectivity index (χ1) is 32.2. The van der Waals surface area contributed by atoms with Crippen molar-refractivity contribution in [1.82, 2.24) is 5.32 Å². The first kappa shape index (κ1) is 62.6. The second kappa shape index (κ2) is 44.8. The molecule has 0 radical (unpaired) electrons. The second-order valence-electron chi connectivity index (χ2n) is 19.6. The van der Waals surface area contributed by atoms with Crippen LogP contribution in [0.25, 0.3) is 0 Å². The van der Waals surface area contributed by atoms with E-state index in [2.05, 4.69) is 43.5 Å². The molecular formula is C55H105NO10. The molecule has 8 N–H and O–H groups in total. The van der Waals surface area contributed by atoms with Crippen LogP contribution in [0.1, 0.15) is 251 Å². The molecule has 0 saturated carbocycles. The van der Waals surface area contributed by atoms with E-state index in [0.717, 1.165) is 38.5 Å². The van der Waals surface area contributed by atoms with Gasteiger partial charge in [-0.25, -0.2) is 0 Å². The number of aliphatic hydroxyl groups is 7. The molecule has 1 aliphatic heterocycles. The summed E-state index contributed by atoms with van der Waals surface area (Å²) in [6.45, 7) is 3.41. The van der Waals surface area contributed by atoms with Gasteiger partial charge in [-0.1, -0.05) is 224 Å². The van der Waals surface area contributed by atoms with Gasteiger partial charge in [0.2, 0.25) is 5.91 Å². The fourth-order valence-electron chi connectivity index (χ4n) is 8.93. The number of carbonyl (C=O) groups is 1. The first-order valence-corrected chi connectivity index (χ1v) is 27.7. The number of hydrogen-bond acceptors (Lipinski definition) is 10. The van der Waals surface area contributed by atoms with E-state index in [4.69, 9.17) is 9.47 Å². The average molecular weight is 940 g/mol. The number of aliphatic hydroxyl groups excluding tert-OH is 7. The Morgan fingerprint density at radius 2 is 0.909 bits per heavy atom. The Hall–Kier alpha value is -1.41. The summed E-state index contributed by atoms with van der Waals surface area (Å²) in [5, 5.41) is 75.8. The lowest BCUT2D eigenvalue weighted by atomic mass is 9.98. The Morgan fingerprint density at radius 1 is 0.515 bits per heavy atom. The molecule has 1 amide bonds. The Balaban J connectivity index is 2.26. The van der Waals surface area contributed by atoms with Gasteiger partial charge >= 0.3 is 0 Å². The average Bonchev–Trinajstić information content (AvgIpc) is 3.32. The van der Waals surface area contributed by atoms with E-state index < -0.39 is 74.2 Å². The van der Waals surface area contributed by atoms with Crippen molar-refractivity contribution < 1.29 is 50.0 Å². The van der Waals surface area contributed by atoms with Crippen LogP contribution in [0.3, 0.4) is 0 Å². The van der Waals surface area contributed by atoms with Gasteiger partial charge in [0.15, 0.2) is 6.29 Å². The van der Waals surface area contributed by atoms with Crippen molar-refractivity contribution >= 4 is 5.91 Å². The van der Waals surface area contributed by atoms with E-state index in [0.29, 0.717) is 19.3 Å². The van der Waals surface area contributed by atoms with Gasteiger partial charge in [-0.15, -0.1) is 0 Å². The van der Waals surface area contributed by atoms with Gasteiger partial charge in [0.25, 0.3) is 0 Å². The summed E-state index contributed by atoms with van der Waals surface area (Å²) >= 11 is 0. The lowest BCUT2D eigenvalue weighted by molar-refractivity contribution is -0.303. The van der Waals surface area contributed by atoms with Crippen molar-refractivity contribution in [2.24, 2.45) is 0 Å². The quantitative estimate of drug-likeness (QED) is 0.0215. The van der Waals surface area contributed by atoms with Crippen LogP contribution >= 0.6 is 0 Å². The number of ether oxygens (including phenoxy) is 2. The number of amides is 1. The second-order valence-corrected chi connectivity index (χ2v) is 19.6. The molecular weight excluding hydrogens is 835 g/mol. The van der Waals surface area contributed by atoms with E-state index in [-0.39, 0.29) is 12.8 Å². The molecule has 9 atom stereocenters. The number of nitrogens with one attached hydrogen (secondary N) is 1. The Morgan fingerprint density at radius 3 is 1.35 bits per heavy atom. The number of unbranched alkanes of at least 4 members (excludes halogenated alkanes) is 31. The van der Waals surface area contributed by atoms with E-state index in [1.807, 2.05) is 0 Å². The molecule has 1 rings (SSSR count). The Labute approximate surface area is 404 Å². The van der Waals surface area contributed by atoms with Crippen molar-refractivity contribution in [3.8, 4) is 0 Å². The van der Waals surface area contributed by atoms with Crippen LogP contribution in [-0.4, -0.2) is 110 Å². The number of allylic oxidation sites excluding steroid dienone is 4. The third kappa shape index (κ3) is 33.2. The van der Waals surface area contributed by atoms with Crippen LogP contribution in [0.5, 0.6) is 0 Å². The Kier molecular flexibility index (Phi) is 42.5. The van der Waals surface area contributed by atoms with Gasteiger partial charge < -0.3 is 50.5 Å². The normalized spacial score (nSPS) is 20.9. The number of rotatable bonds is 47. The van der Waals surface area contributed by atoms with E-state index in [9.17, 15) is 40.5 Å². The summed E-state index contributed by atoms with van der Waals surface area (Å²) in [4.78, 5) is 13.1. The van der Waals surface area contributed by atoms with Crippen LogP contribution < -0.4 is 5.32 Å². The van der Waals surface area contributed by atoms with E-state index in [1.165, 1.54) is 167 Å². The summed E-state index contributed by atoms with van der Waals surface area (Å²) < 4.78 is 11.1. The zero-order chi connectivity index (χ0) is 48.3. The molecule has 1 fully saturated rings. The predicted molar refractivity (Wildman–Crippen MR) is 270 cm³/mol. The summed E-state index contributed by atoms with van der Waals surface area (Å²) in [7, 11) is 0. The molecule has 0 spiro atoms. The highest BCUT2D eigenvalue weighted by molar-refractivity contribution is 5.80. The molecule has 1 aliphatic rings. The largest absolute Gasteiger partial charge is 0.394 e. The minimum absolute atomic E-state index is 0.247. The van der Waals surface area contributed by atoms with Crippen LogP contribution in [0.2, 0.25) is 0 Å². The topological polar surface area (TPSA) is 189 Å². The third-order valence-corrected chi connectivity index (χ3v) is 13.5. The molecule has 0 bridgehead atoms. The van der Waals surface area contributed by atoms with Gasteiger partial charge in [0.1, 0.15) is 36.6 Å². The monoisotopic (exact) mass is 940 g/mol. The van der Waals surface area contributed by atoms with Gasteiger partial charge in [-0.2, -0.15) is 0 Å². The lowest BCUT2D eigenvalue weighted by Crippen LogP contribution is -2.60. The zero-order valence-corrected chi connectivity index (χ0v) is 42.4. The minimum atomic E-state index is -1.67. The van der Waals surface area contributed by atoms with Gasteiger partial charge in [0.05, 0.1) is 25.4 Å². The minimum Gasteiger partial charge on any atom is -0.394 e. The molecule has 11 heteroatoms. The van der Waals surface area contributed by atoms with Gasteiger partial charge in [-0.05, 0) is 51.4 Å². The molecule has 66 heavy (non-hydrogen) atoms. The molecule has 1 heterocycles. The highest BCUT2D eigenvalue weighted by Gasteiger charge is 2.44. The van der Waals surface area contributed by atoms with Crippen molar-refractivity contribution in [1.29, 1.82) is 0 Å². The molecule has 0 aromatic carbocycles. The third-order valence-electron chi connectivity index (χ3n) is 13.5.